The van der Waals surface area contributed by atoms with Crippen molar-refractivity contribution >= 4 is 17.9 Å². The first-order valence-corrected chi connectivity index (χ1v) is 13.0. The molecule has 0 aliphatic carbocycles. The van der Waals surface area contributed by atoms with E-state index >= 15 is 0 Å². The van der Waals surface area contributed by atoms with Gasteiger partial charge in [-0.05, 0) is 49.1 Å². The molecule has 0 spiro atoms. The van der Waals surface area contributed by atoms with Crippen LogP contribution in [0.3, 0.4) is 0 Å². The maximum atomic E-state index is 13.2. The zero-order valence-electron chi connectivity index (χ0n) is 21.8. The second-order valence-corrected chi connectivity index (χ2v) is 9.02. The van der Waals surface area contributed by atoms with Crippen molar-refractivity contribution in [3.8, 4) is 17.6 Å². The van der Waals surface area contributed by atoms with E-state index in [2.05, 4.69) is 13.8 Å². The van der Waals surface area contributed by atoms with Gasteiger partial charge in [0.15, 0.2) is 11.5 Å². The maximum absolute atomic E-state index is 13.2. The van der Waals surface area contributed by atoms with Gasteiger partial charge in [0.2, 0.25) is 0 Å². The van der Waals surface area contributed by atoms with Crippen LogP contribution in [0.4, 0.5) is 0 Å². The molecular formula is C29H40N2O4. The maximum Gasteiger partial charge on any atom is 0.271 e. The smallest absolute Gasteiger partial charge is 0.271 e. The van der Waals surface area contributed by atoms with Gasteiger partial charge in [-0.1, -0.05) is 71.3 Å². The molecule has 0 saturated heterocycles. The summed E-state index contributed by atoms with van der Waals surface area (Å²) in [6, 6.07) is 7.52. The highest BCUT2D eigenvalue weighted by atomic mass is 16.5. The lowest BCUT2D eigenvalue weighted by Gasteiger charge is -2.27. The zero-order valence-corrected chi connectivity index (χ0v) is 21.8. The van der Waals surface area contributed by atoms with Crippen LogP contribution in [0.1, 0.15) is 90.5 Å². The number of carbonyl (C=O) groups is 2. The molecule has 1 aliphatic rings. The van der Waals surface area contributed by atoms with E-state index in [-0.39, 0.29) is 11.5 Å². The third-order valence-electron chi connectivity index (χ3n) is 6.31. The Morgan fingerprint density at radius 1 is 0.914 bits per heavy atom. The van der Waals surface area contributed by atoms with Crippen LogP contribution in [0.5, 0.6) is 11.5 Å². The van der Waals surface area contributed by atoms with Crippen molar-refractivity contribution in [2.45, 2.75) is 85.0 Å². The summed E-state index contributed by atoms with van der Waals surface area (Å²) in [5.41, 5.74) is 1.54. The molecule has 0 atom stereocenters. The van der Waals surface area contributed by atoms with Crippen LogP contribution < -0.4 is 9.47 Å². The van der Waals surface area contributed by atoms with Crippen LogP contribution >= 0.6 is 0 Å². The Hall–Kier alpha value is -3.07. The fourth-order valence-electron chi connectivity index (χ4n) is 4.15. The van der Waals surface area contributed by atoms with E-state index in [1.165, 1.54) is 30.6 Å². The average Bonchev–Trinajstić information content (AvgIpc) is 2.86. The number of nitriles is 1. The third kappa shape index (κ3) is 7.99. The lowest BCUT2D eigenvalue weighted by molar-refractivity contribution is -0.140. The summed E-state index contributed by atoms with van der Waals surface area (Å²) in [5.74, 6) is 0.393. The molecule has 0 N–H and O–H groups in total. The lowest BCUT2D eigenvalue weighted by atomic mass is 9.93. The van der Waals surface area contributed by atoms with Crippen molar-refractivity contribution in [3.05, 3.63) is 40.5 Å². The van der Waals surface area contributed by atoms with E-state index in [9.17, 15) is 14.9 Å². The van der Waals surface area contributed by atoms with Gasteiger partial charge in [0.05, 0.1) is 13.7 Å². The molecular weight excluding hydrogens is 440 g/mol. The number of hydrogen-bond donors (Lipinski definition) is 0. The predicted molar refractivity (Wildman–Crippen MR) is 139 cm³/mol. The van der Waals surface area contributed by atoms with Gasteiger partial charge in [0.1, 0.15) is 11.6 Å². The minimum atomic E-state index is -0.500. The molecule has 190 valence electrons. The van der Waals surface area contributed by atoms with Crippen molar-refractivity contribution < 1.29 is 19.1 Å². The Morgan fingerprint density at radius 3 is 2.23 bits per heavy atom. The molecule has 2 rings (SSSR count). The van der Waals surface area contributed by atoms with Crippen molar-refractivity contribution in [2.75, 3.05) is 20.3 Å². The first-order valence-electron chi connectivity index (χ1n) is 13.0. The number of imide groups is 1. The van der Waals surface area contributed by atoms with Crippen molar-refractivity contribution in [1.29, 1.82) is 5.26 Å². The zero-order chi connectivity index (χ0) is 25.6. The highest BCUT2D eigenvalue weighted by Crippen LogP contribution is 2.32. The summed E-state index contributed by atoms with van der Waals surface area (Å²) in [6.45, 7) is 6.93. The molecule has 6 heteroatoms. The molecule has 35 heavy (non-hydrogen) atoms. The van der Waals surface area contributed by atoms with E-state index in [0.717, 1.165) is 44.1 Å². The number of amides is 2. The normalized spacial score (nSPS) is 15.1. The summed E-state index contributed by atoms with van der Waals surface area (Å²) in [6.07, 6.45) is 12.7. The molecule has 0 saturated carbocycles. The van der Waals surface area contributed by atoms with Crippen LogP contribution in [0.2, 0.25) is 0 Å². The first kappa shape index (κ1) is 28.2. The topological polar surface area (TPSA) is 79.6 Å². The summed E-state index contributed by atoms with van der Waals surface area (Å²) in [7, 11) is 1.59. The van der Waals surface area contributed by atoms with Crippen LogP contribution in [-0.2, 0) is 9.59 Å². The van der Waals surface area contributed by atoms with E-state index in [1.807, 2.05) is 24.3 Å². The number of rotatable bonds is 15. The minimum absolute atomic E-state index is 0.0252. The molecule has 1 heterocycles. The van der Waals surface area contributed by atoms with Gasteiger partial charge < -0.3 is 9.47 Å². The Balaban J connectivity index is 2.17. The van der Waals surface area contributed by atoms with Crippen molar-refractivity contribution in [2.24, 2.45) is 0 Å². The van der Waals surface area contributed by atoms with Gasteiger partial charge in [-0.2, -0.15) is 5.26 Å². The average molecular weight is 481 g/mol. The predicted octanol–water partition coefficient (Wildman–Crippen LogP) is 6.61. The molecule has 0 bridgehead atoms. The summed E-state index contributed by atoms with van der Waals surface area (Å²) in [5, 5.41) is 9.58. The van der Waals surface area contributed by atoms with Gasteiger partial charge in [-0.3, -0.25) is 14.5 Å². The van der Waals surface area contributed by atoms with Crippen LogP contribution in [0.25, 0.3) is 6.08 Å². The quantitative estimate of drug-likeness (QED) is 0.160. The Bertz CT molecular complexity index is 971. The third-order valence-corrected chi connectivity index (χ3v) is 6.31. The standard InChI is InChI=1S/C29H40N2O4/c1-5-7-9-11-12-14-18-35-26-16-15-23(20-27(26)34-4)19-24-22(3)25(21-30)29(33)31(28(24)32)17-13-10-8-6-2/h15-16,19-20H,5-14,17-18H2,1-4H3/b24-19+. The number of unbranched alkanes of at least 4 members (excludes halogenated alkanes) is 8. The van der Waals surface area contributed by atoms with E-state index in [4.69, 9.17) is 9.47 Å². The number of hydrogen-bond acceptors (Lipinski definition) is 5. The fraction of sp³-hybridized carbons (Fsp3) is 0.552. The number of ether oxygens (including phenoxy) is 2. The molecule has 1 aliphatic heterocycles. The van der Waals surface area contributed by atoms with Gasteiger partial charge in [0.25, 0.3) is 11.8 Å². The lowest BCUT2D eigenvalue weighted by Crippen LogP contribution is -2.43. The molecule has 0 radical (unpaired) electrons. The number of nitrogens with zero attached hydrogens (tertiary/aromatic N) is 2. The van der Waals surface area contributed by atoms with Crippen molar-refractivity contribution in [1.82, 2.24) is 4.90 Å². The monoisotopic (exact) mass is 480 g/mol. The summed E-state index contributed by atoms with van der Waals surface area (Å²) in [4.78, 5) is 27.2. The molecule has 2 amide bonds. The minimum Gasteiger partial charge on any atom is -0.493 e. The second kappa shape index (κ2) is 15.0. The SMILES string of the molecule is CCCCCCCCOc1ccc(/C=C2/C(=O)N(CCCCCC)C(=O)C(C#N)=C2C)cc1OC. The Kier molecular flexibility index (Phi) is 12.1. The molecule has 6 nitrogen and oxygen atoms in total. The molecule has 1 aromatic rings. The van der Waals surface area contributed by atoms with Gasteiger partial charge >= 0.3 is 0 Å². The largest absolute Gasteiger partial charge is 0.493 e. The molecule has 0 fully saturated rings. The highest BCUT2D eigenvalue weighted by molar-refractivity contribution is 6.19. The van der Waals surface area contributed by atoms with Gasteiger partial charge in [-0.25, -0.2) is 0 Å². The molecule has 0 aromatic heterocycles. The number of methoxy groups -OCH3 is 1. The van der Waals surface area contributed by atoms with E-state index in [1.54, 1.807) is 20.1 Å². The summed E-state index contributed by atoms with van der Waals surface area (Å²) < 4.78 is 11.5. The molecule has 1 aromatic carbocycles. The first-order chi connectivity index (χ1) is 17.0. The Morgan fingerprint density at radius 2 is 1.57 bits per heavy atom. The second-order valence-electron chi connectivity index (χ2n) is 9.02. The van der Waals surface area contributed by atoms with E-state index in [0.29, 0.717) is 35.8 Å². The number of carbonyl (C=O) groups excluding carboxylic acids is 2. The van der Waals surface area contributed by atoms with E-state index < -0.39 is 5.91 Å². The van der Waals surface area contributed by atoms with Crippen LogP contribution in [0, 0.1) is 11.3 Å². The van der Waals surface area contributed by atoms with Crippen LogP contribution in [-0.4, -0.2) is 37.0 Å². The fourth-order valence-corrected chi connectivity index (χ4v) is 4.15. The van der Waals surface area contributed by atoms with Gasteiger partial charge in [-0.15, -0.1) is 0 Å². The number of benzene rings is 1. The van der Waals surface area contributed by atoms with Crippen molar-refractivity contribution in [3.63, 3.8) is 0 Å². The highest BCUT2D eigenvalue weighted by Gasteiger charge is 2.35. The van der Waals surface area contributed by atoms with Gasteiger partial charge in [0, 0.05) is 12.1 Å². The molecule has 0 unspecified atom stereocenters. The summed E-state index contributed by atoms with van der Waals surface area (Å²) >= 11 is 0. The van der Waals surface area contributed by atoms with Crippen LogP contribution in [0.15, 0.2) is 34.9 Å². The Labute approximate surface area is 210 Å².